The summed E-state index contributed by atoms with van der Waals surface area (Å²) in [6, 6.07) is 1.95. The predicted octanol–water partition coefficient (Wildman–Crippen LogP) is 2.54. The molecule has 1 unspecified atom stereocenters. The van der Waals surface area contributed by atoms with E-state index in [2.05, 4.69) is 47.8 Å². The molecule has 1 aromatic rings. The molecule has 2 rings (SSSR count). The highest BCUT2D eigenvalue weighted by molar-refractivity contribution is 14.0. The highest BCUT2D eigenvalue weighted by atomic mass is 127. The van der Waals surface area contributed by atoms with Crippen LogP contribution in [0, 0.1) is 5.92 Å². The quantitative estimate of drug-likeness (QED) is 0.437. The molecule has 0 bridgehead atoms. The SMILES string of the molecule is CCNC(=NCCn1cccn1)N1CCSC(C(C)C)C1.I. The lowest BCUT2D eigenvalue weighted by atomic mass is 10.1. The molecular formula is C15H28IN5S. The summed E-state index contributed by atoms with van der Waals surface area (Å²) < 4.78 is 1.93. The van der Waals surface area contributed by atoms with Crippen LogP contribution >= 0.6 is 35.7 Å². The van der Waals surface area contributed by atoms with Crippen LogP contribution in [0.1, 0.15) is 20.8 Å². The van der Waals surface area contributed by atoms with Crippen molar-refractivity contribution in [3.63, 3.8) is 0 Å². The first kappa shape index (κ1) is 19.6. The van der Waals surface area contributed by atoms with Gasteiger partial charge < -0.3 is 10.2 Å². The first-order valence-corrected chi connectivity index (χ1v) is 8.88. The van der Waals surface area contributed by atoms with Crippen molar-refractivity contribution in [2.45, 2.75) is 32.6 Å². The number of nitrogens with one attached hydrogen (secondary N) is 1. The third-order valence-electron chi connectivity index (χ3n) is 3.62. The Bertz CT molecular complexity index is 435. The molecule has 1 aliphatic rings. The van der Waals surface area contributed by atoms with Crippen LogP contribution in [-0.2, 0) is 6.54 Å². The fourth-order valence-corrected chi connectivity index (χ4v) is 3.69. The van der Waals surface area contributed by atoms with Crippen LogP contribution in [0.3, 0.4) is 0 Å². The number of guanidine groups is 1. The molecule has 5 nitrogen and oxygen atoms in total. The number of hydrogen-bond acceptors (Lipinski definition) is 3. The molecule has 1 aliphatic heterocycles. The molecule has 1 aromatic heterocycles. The summed E-state index contributed by atoms with van der Waals surface area (Å²) in [4.78, 5) is 7.18. The van der Waals surface area contributed by atoms with Crippen LogP contribution in [0.5, 0.6) is 0 Å². The smallest absolute Gasteiger partial charge is 0.194 e. The van der Waals surface area contributed by atoms with Crippen molar-refractivity contribution in [1.82, 2.24) is 20.0 Å². The van der Waals surface area contributed by atoms with Crippen LogP contribution < -0.4 is 5.32 Å². The molecule has 2 heterocycles. The van der Waals surface area contributed by atoms with E-state index in [1.807, 2.05) is 23.1 Å². The van der Waals surface area contributed by atoms with Crippen molar-refractivity contribution in [3.05, 3.63) is 18.5 Å². The first-order valence-electron chi connectivity index (χ1n) is 7.83. The Morgan fingerprint density at radius 3 is 2.95 bits per heavy atom. The molecule has 0 aliphatic carbocycles. The molecule has 1 saturated heterocycles. The normalized spacial score (nSPS) is 19.2. The fourth-order valence-electron chi connectivity index (χ4n) is 2.39. The predicted molar refractivity (Wildman–Crippen MR) is 106 cm³/mol. The van der Waals surface area contributed by atoms with E-state index in [1.165, 1.54) is 5.75 Å². The molecule has 7 heteroatoms. The van der Waals surface area contributed by atoms with Gasteiger partial charge in [0.25, 0.3) is 0 Å². The van der Waals surface area contributed by atoms with Crippen LogP contribution in [-0.4, -0.2) is 57.8 Å². The Hall–Kier alpha value is -0.440. The molecule has 0 amide bonds. The standard InChI is InChI=1S/C15H27N5S.HI/c1-4-16-15(17-7-9-20-8-5-6-18-20)19-10-11-21-14(12-19)13(2)3;/h5-6,8,13-14H,4,7,9-12H2,1-3H3,(H,16,17);1H. The van der Waals surface area contributed by atoms with Gasteiger partial charge in [-0.05, 0) is 18.9 Å². The van der Waals surface area contributed by atoms with Gasteiger partial charge in [0.15, 0.2) is 5.96 Å². The Labute approximate surface area is 155 Å². The number of rotatable bonds is 5. The monoisotopic (exact) mass is 437 g/mol. The maximum Gasteiger partial charge on any atom is 0.194 e. The second kappa shape index (κ2) is 10.4. The molecule has 1 atom stereocenters. The van der Waals surface area contributed by atoms with Gasteiger partial charge in [0, 0.05) is 43.0 Å². The first-order chi connectivity index (χ1) is 10.2. The van der Waals surface area contributed by atoms with Gasteiger partial charge in [0.05, 0.1) is 13.1 Å². The van der Waals surface area contributed by atoms with Gasteiger partial charge in [0.1, 0.15) is 0 Å². The lowest BCUT2D eigenvalue weighted by molar-refractivity contribution is 0.380. The molecule has 1 N–H and O–H groups in total. The Morgan fingerprint density at radius 2 is 2.32 bits per heavy atom. The second-order valence-electron chi connectivity index (χ2n) is 5.60. The molecule has 22 heavy (non-hydrogen) atoms. The Kier molecular flexibility index (Phi) is 9.23. The minimum absolute atomic E-state index is 0. The summed E-state index contributed by atoms with van der Waals surface area (Å²) in [6.45, 7) is 11.4. The highest BCUT2D eigenvalue weighted by Crippen LogP contribution is 2.24. The van der Waals surface area contributed by atoms with E-state index in [4.69, 9.17) is 4.99 Å². The summed E-state index contributed by atoms with van der Waals surface area (Å²) in [5, 5.41) is 8.35. The van der Waals surface area contributed by atoms with Crippen molar-refractivity contribution in [2.24, 2.45) is 10.9 Å². The average molecular weight is 437 g/mol. The van der Waals surface area contributed by atoms with Crippen LogP contribution in [0.2, 0.25) is 0 Å². The van der Waals surface area contributed by atoms with E-state index in [-0.39, 0.29) is 24.0 Å². The van der Waals surface area contributed by atoms with Gasteiger partial charge >= 0.3 is 0 Å². The van der Waals surface area contributed by atoms with E-state index in [1.54, 1.807) is 0 Å². The third kappa shape index (κ3) is 5.98. The molecule has 1 fully saturated rings. The van der Waals surface area contributed by atoms with E-state index in [9.17, 15) is 0 Å². The number of thioether (sulfide) groups is 1. The summed E-state index contributed by atoms with van der Waals surface area (Å²) in [6.07, 6.45) is 3.79. The Morgan fingerprint density at radius 1 is 1.50 bits per heavy atom. The molecular weight excluding hydrogens is 409 g/mol. The van der Waals surface area contributed by atoms with E-state index in [0.29, 0.717) is 11.2 Å². The van der Waals surface area contributed by atoms with Gasteiger partial charge in [0.2, 0.25) is 0 Å². The van der Waals surface area contributed by atoms with Crippen LogP contribution in [0.15, 0.2) is 23.5 Å². The van der Waals surface area contributed by atoms with Gasteiger partial charge in [-0.15, -0.1) is 24.0 Å². The van der Waals surface area contributed by atoms with E-state index in [0.717, 1.165) is 38.7 Å². The summed E-state index contributed by atoms with van der Waals surface area (Å²) >= 11 is 2.09. The molecule has 0 spiro atoms. The largest absolute Gasteiger partial charge is 0.357 e. The molecule has 0 radical (unpaired) electrons. The van der Waals surface area contributed by atoms with Crippen molar-refractivity contribution in [1.29, 1.82) is 0 Å². The highest BCUT2D eigenvalue weighted by Gasteiger charge is 2.24. The summed E-state index contributed by atoms with van der Waals surface area (Å²) in [5.74, 6) is 2.95. The van der Waals surface area contributed by atoms with Gasteiger partial charge in [-0.2, -0.15) is 16.9 Å². The van der Waals surface area contributed by atoms with E-state index < -0.39 is 0 Å². The summed E-state index contributed by atoms with van der Waals surface area (Å²) in [7, 11) is 0. The molecule has 126 valence electrons. The number of hydrogen-bond donors (Lipinski definition) is 1. The lowest BCUT2D eigenvalue weighted by Gasteiger charge is -2.36. The molecule has 0 saturated carbocycles. The fraction of sp³-hybridized carbons (Fsp3) is 0.733. The lowest BCUT2D eigenvalue weighted by Crippen LogP contribution is -2.49. The van der Waals surface area contributed by atoms with Gasteiger partial charge in [-0.25, -0.2) is 0 Å². The third-order valence-corrected chi connectivity index (χ3v) is 5.16. The minimum atomic E-state index is 0. The molecule has 0 aromatic carbocycles. The zero-order chi connectivity index (χ0) is 15.1. The second-order valence-corrected chi connectivity index (χ2v) is 6.95. The number of aliphatic imine (C=N–C) groups is 1. The zero-order valence-electron chi connectivity index (χ0n) is 13.7. The maximum absolute atomic E-state index is 4.77. The van der Waals surface area contributed by atoms with Crippen LogP contribution in [0.25, 0.3) is 0 Å². The van der Waals surface area contributed by atoms with Gasteiger partial charge in [-0.1, -0.05) is 13.8 Å². The van der Waals surface area contributed by atoms with Crippen LogP contribution in [0.4, 0.5) is 0 Å². The van der Waals surface area contributed by atoms with Gasteiger partial charge in [-0.3, -0.25) is 9.67 Å². The summed E-state index contributed by atoms with van der Waals surface area (Å²) in [5.41, 5.74) is 0. The topological polar surface area (TPSA) is 45.5 Å². The number of nitrogens with zero attached hydrogens (tertiary/aromatic N) is 4. The Balaban J connectivity index is 0.00000242. The number of aromatic nitrogens is 2. The maximum atomic E-state index is 4.77. The minimum Gasteiger partial charge on any atom is -0.357 e. The van der Waals surface area contributed by atoms with Crippen molar-refractivity contribution in [3.8, 4) is 0 Å². The average Bonchev–Trinajstić information content (AvgIpc) is 3.00. The van der Waals surface area contributed by atoms with Crippen molar-refractivity contribution >= 4 is 41.7 Å². The van der Waals surface area contributed by atoms with Crippen molar-refractivity contribution in [2.75, 3.05) is 31.9 Å². The zero-order valence-corrected chi connectivity index (χ0v) is 16.9. The van der Waals surface area contributed by atoms with E-state index >= 15 is 0 Å². The number of halogens is 1. The van der Waals surface area contributed by atoms with Crippen molar-refractivity contribution < 1.29 is 0 Å².